The number of anilines is 1. The maximum absolute atomic E-state index is 9.44. The van der Waals surface area contributed by atoms with Crippen LogP contribution in [-0.4, -0.2) is 10.8 Å². The first-order valence-corrected chi connectivity index (χ1v) is 5.49. The van der Waals surface area contributed by atoms with Gasteiger partial charge in [-0.1, -0.05) is 0 Å². The molecule has 0 radical (unpaired) electrons. The maximum Gasteiger partial charge on any atom is 0.237 e. The highest BCUT2D eigenvalue weighted by Crippen LogP contribution is 2.35. The number of halogens is 2. The van der Waals surface area contributed by atoms with Gasteiger partial charge in [0.25, 0.3) is 0 Å². The Morgan fingerprint density at radius 1 is 1.25 bits per heavy atom. The van der Waals surface area contributed by atoms with Gasteiger partial charge >= 0.3 is 0 Å². The van der Waals surface area contributed by atoms with Gasteiger partial charge in [-0.25, -0.2) is 0 Å². The van der Waals surface area contributed by atoms with Gasteiger partial charge in [-0.2, -0.15) is 15.6 Å². The fourth-order valence-electron chi connectivity index (χ4n) is 0.826. The minimum Gasteiger partial charge on any atom is -0.506 e. The summed E-state index contributed by atoms with van der Waals surface area (Å²) in [5, 5.41) is 29.9. The zero-order valence-corrected chi connectivity index (χ0v) is 10.9. The van der Waals surface area contributed by atoms with Crippen molar-refractivity contribution in [2.24, 2.45) is 5.10 Å². The van der Waals surface area contributed by atoms with Gasteiger partial charge in [0, 0.05) is 0 Å². The van der Waals surface area contributed by atoms with Crippen LogP contribution in [0.25, 0.3) is 0 Å². The van der Waals surface area contributed by atoms with Crippen LogP contribution in [0.4, 0.5) is 5.69 Å². The van der Waals surface area contributed by atoms with E-state index in [0.29, 0.717) is 14.6 Å². The van der Waals surface area contributed by atoms with Gasteiger partial charge in [-0.05, 0) is 44.0 Å². The molecular weight excluding hydrogens is 340 g/mol. The van der Waals surface area contributed by atoms with Crippen LogP contribution < -0.4 is 5.43 Å². The second-order valence-corrected chi connectivity index (χ2v) is 4.29. The molecule has 0 atom stereocenters. The zero-order valence-electron chi connectivity index (χ0n) is 7.70. The molecule has 0 unspecified atom stereocenters. The van der Waals surface area contributed by atoms with E-state index in [9.17, 15) is 5.11 Å². The Morgan fingerprint density at radius 3 is 2.19 bits per heavy atom. The summed E-state index contributed by atoms with van der Waals surface area (Å²) < 4.78 is 0.935. The summed E-state index contributed by atoms with van der Waals surface area (Å²) in [6.07, 6.45) is 0. The van der Waals surface area contributed by atoms with Crippen molar-refractivity contribution in [1.29, 1.82) is 10.5 Å². The van der Waals surface area contributed by atoms with Crippen LogP contribution >= 0.6 is 31.9 Å². The average Bonchev–Trinajstić information content (AvgIpc) is 2.27. The second kappa shape index (κ2) is 5.50. The van der Waals surface area contributed by atoms with E-state index in [-0.39, 0.29) is 11.5 Å². The third-order valence-corrected chi connectivity index (χ3v) is 2.73. The number of nitriles is 2. The number of phenols is 1. The van der Waals surface area contributed by atoms with E-state index in [4.69, 9.17) is 10.5 Å². The molecule has 0 aromatic heterocycles. The molecule has 0 heterocycles. The third-order valence-electron chi connectivity index (χ3n) is 1.53. The summed E-state index contributed by atoms with van der Waals surface area (Å²) in [7, 11) is 0. The summed E-state index contributed by atoms with van der Waals surface area (Å²) in [6, 6.07) is 6.36. The molecule has 0 amide bonds. The SMILES string of the molecule is N#CC(C#N)=NNc1cc(Br)c(O)c(Br)c1. The number of aromatic hydroxyl groups is 1. The zero-order chi connectivity index (χ0) is 12.1. The molecule has 0 bridgehead atoms. The molecule has 0 fully saturated rings. The fourth-order valence-corrected chi connectivity index (χ4v) is 2.01. The predicted molar refractivity (Wildman–Crippen MR) is 65.8 cm³/mol. The Morgan fingerprint density at radius 2 is 1.75 bits per heavy atom. The largest absolute Gasteiger partial charge is 0.506 e. The Hall–Kier alpha value is -1.57. The van der Waals surface area contributed by atoms with Crippen molar-refractivity contribution >= 4 is 43.3 Å². The lowest BCUT2D eigenvalue weighted by Gasteiger charge is -2.04. The highest BCUT2D eigenvalue weighted by atomic mass is 79.9. The van der Waals surface area contributed by atoms with Crippen LogP contribution in [0.5, 0.6) is 5.75 Å². The first-order chi connectivity index (χ1) is 7.58. The van der Waals surface area contributed by atoms with Gasteiger partial charge in [0.1, 0.15) is 17.9 Å². The molecule has 5 nitrogen and oxygen atoms in total. The molecule has 0 aliphatic rings. The number of hydrazone groups is 1. The van der Waals surface area contributed by atoms with Gasteiger partial charge in [0.05, 0.1) is 14.6 Å². The molecule has 7 heteroatoms. The van der Waals surface area contributed by atoms with Crippen molar-refractivity contribution in [2.75, 3.05) is 5.43 Å². The molecule has 0 spiro atoms. The van der Waals surface area contributed by atoms with Gasteiger partial charge in [-0.3, -0.25) is 5.43 Å². The van der Waals surface area contributed by atoms with Gasteiger partial charge in [0.15, 0.2) is 0 Å². The van der Waals surface area contributed by atoms with E-state index in [2.05, 4.69) is 42.4 Å². The van der Waals surface area contributed by atoms with E-state index in [1.807, 2.05) is 0 Å². The molecular formula is C9H4Br2N4O. The highest BCUT2D eigenvalue weighted by molar-refractivity contribution is 9.11. The molecule has 1 rings (SSSR count). The molecule has 80 valence electrons. The minimum absolute atomic E-state index is 0.0651. The predicted octanol–water partition coefficient (Wildman–Crippen LogP) is 2.73. The topological polar surface area (TPSA) is 92.2 Å². The van der Waals surface area contributed by atoms with E-state index in [0.717, 1.165) is 0 Å². The molecule has 0 saturated carbocycles. The molecule has 0 saturated heterocycles. The molecule has 0 aliphatic heterocycles. The maximum atomic E-state index is 9.44. The molecule has 2 N–H and O–H groups in total. The normalized spacial score (nSPS) is 8.75. The minimum atomic E-state index is -0.277. The summed E-state index contributed by atoms with van der Waals surface area (Å²) in [4.78, 5) is 0. The smallest absolute Gasteiger partial charge is 0.237 e. The number of hydrogen-bond acceptors (Lipinski definition) is 5. The van der Waals surface area contributed by atoms with Crippen LogP contribution in [-0.2, 0) is 0 Å². The van der Waals surface area contributed by atoms with Crippen molar-refractivity contribution in [3.8, 4) is 17.9 Å². The summed E-state index contributed by atoms with van der Waals surface area (Å²) in [5.41, 5.74) is 2.78. The van der Waals surface area contributed by atoms with E-state index < -0.39 is 0 Å². The summed E-state index contributed by atoms with van der Waals surface area (Å²) in [5.74, 6) is 0.0651. The molecule has 0 aliphatic carbocycles. The average molecular weight is 344 g/mol. The molecule has 1 aromatic carbocycles. The van der Waals surface area contributed by atoms with Crippen LogP contribution in [0.15, 0.2) is 26.2 Å². The fraction of sp³-hybridized carbons (Fsp3) is 0. The monoisotopic (exact) mass is 342 g/mol. The standard InChI is InChI=1S/C9H4Br2N4O/c10-7-1-5(2-8(11)9(7)16)14-15-6(3-12)4-13/h1-2,14,16H. The van der Waals surface area contributed by atoms with Crippen LogP contribution in [0.3, 0.4) is 0 Å². The van der Waals surface area contributed by atoms with Gasteiger partial charge in [0.2, 0.25) is 5.71 Å². The number of phenolic OH excluding ortho intramolecular Hbond substituents is 1. The van der Waals surface area contributed by atoms with Crippen molar-refractivity contribution in [1.82, 2.24) is 0 Å². The lowest BCUT2D eigenvalue weighted by atomic mass is 10.3. The lowest BCUT2D eigenvalue weighted by molar-refractivity contribution is 0.468. The van der Waals surface area contributed by atoms with Crippen LogP contribution in [0, 0.1) is 22.7 Å². The third kappa shape index (κ3) is 2.96. The van der Waals surface area contributed by atoms with Crippen molar-refractivity contribution in [2.45, 2.75) is 0 Å². The van der Waals surface area contributed by atoms with E-state index in [1.165, 1.54) is 0 Å². The number of nitrogens with zero attached hydrogens (tertiary/aromatic N) is 3. The molecule has 1 aromatic rings. The lowest BCUT2D eigenvalue weighted by Crippen LogP contribution is -1.96. The summed E-state index contributed by atoms with van der Waals surface area (Å²) in [6.45, 7) is 0. The Kier molecular flexibility index (Phi) is 4.29. The number of hydrogen-bond donors (Lipinski definition) is 2. The van der Waals surface area contributed by atoms with E-state index >= 15 is 0 Å². The second-order valence-electron chi connectivity index (χ2n) is 2.58. The van der Waals surface area contributed by atoms with Gasteiger partial charge in [-0.15, -0.1) is 0 Å². The Balaban J connectivity index is 2.98. The summed E-state index contributed by atoms with van der Waals surface area (Å²) >= 11 is 6.28. The first-order valence-electron chi connectivity index (χ1n) is 3.90. The Labute approximate surface area is 108 Å². The first kappa shape index (κ1) is 12.5. The van der Waals surface area contributed by atoms with Crippen molar-refractivity contribution in [3.05, 3.63) is 21.1 Å². The van der Waals surface area contributed by atoms with E-state index in [1.54, 1.807) is 24.3 Å². The quantitative estimate of drug-likeness (QED) is 0.490. The van der Waals surface area contributed by atoms with Crippen molar-refractivity contribution in [3.63, 3.8) is 0 Å². The number of nitrogens with one attached hydrogen (secondary N) is 1. The number of benzene rings is 1. The Bertz CT molecular complexity index is 488. The van der Waals surface area contributed by atoms with Crippen LogP contribution in [0.2, 0.25) is 0 Å². The van der Waals surface area contributed by atoms with Crippen LogP contribution in [0.1, 0.15) is 0 Å². The molecule has 16 heavy (non-hydrogen) atoms. The van der Waals surface area contributed by atoms with Gasteiger partial charge < -0.3 is 5.11 Å². The number of rotatable bonds is 2. The highest BCUT2D eigenvalue weighted by Gasteiger charge is 2.05. The van der Waals surface area contributed by atoms with Crippen molar-refractivity contribution < 1.29 is 5.11 Å².